The highest BCUT2D eigenvalue weighted by molar-refractivity contribution is 6.34. The Morgan fingerprint density at radius 1 is 1.47 bits per heavy atom. The Morgan fingerprint density at radius 3 is 3.07 bits per heavy atom. The zero-order valence-corrected chi connectivity index (χ0v) is 9.43. The van der Waals surface area contributed by atoms with Crippen LogP contribution in [-0.2, 0) is 6.42 Å². The maximum atomic E-state index is 6.04. The van der Waals surface area contributed by atoms with Gasteiger partial charge in [0.05, 0.1) is 10.5 Å². The van der Waals surface area contributed by atoms with Gasteiger partial charge in [0.25, 0.3) is 0 Å². The van der Waals surface area contributed by atoms with E-state index in [1.165, 1.54) is 0 Å². The molecule has 2 N–H and O–H groups in total. The molecule has 1 aromatic heterocycles. The van der Waals surface area contributed by atoms with Gasteiger partial charge in [-0.05, 0) is 32.1 Å². The Bertz CT molecular complexity index is 450. The van der Waals surface area contributed by atoms with Crippen LogP contribution in [0, 0.1) is 0 Å². The molecule has 2 rings (SSSR count). The highest BCUT2D eigenvalue weighted by Gasteiger charge is 2.04. The Hall–Kier alpha value is -1.06. The molecule has 1 aromatic carbocycles. The molecule has 0 bridgehead atoms. The molecular weight excluding hydrogens is 210 g/mol. The first kappa shape index (κ1) is 10.5. The van der Waals surface area contributed by atoms with Crippen molar-refractivity contribution in [3.05, 3.63) is 29.0 Å². The number of aromatic amines is 1. The van der Waals surface area contributed by atoms with Crippen molar-refractivity contribution in [3.8, 4) is 0 Å². The highest BCUT2D eigenvalue weighted by Crippen LogP contribution is 2.21. The second-order valence-electron chi connectivity index (χ2n) is 3.53. The normalized spacial score (nSPS) is 11.1. The molecule has 0 aliphatic rings. The van der Waals surface area contributed by atoms with Crippen LogP contribution < -0.4 is 5.32 Å². The fourth-order valence-corrected chi connectivity index (χ4v) is 1.82. The summed E-state index contributed by atoms with van der Waals surface area (Å²) in [6, 6.07) is 5.79. The van der Waals surface area contributed by atoms with Crippen LogP contribution in [-0.4, -0.2) is 23.6 Å². The number of benzene rings is 1. The lowest BCUT2D eigenvalue weighted by Gasteiger charge is -1.95. The molecule has 0 atom stereocenters. The average molecular weight is 224 g/mol. The van der Waals surface area contributed by atoms with Crippen molar-refractivity contribution in [2.75, 3.05) is 13.6 Å². The van der Waals surface area contributed by atoms with Gasteiger partial charge < -0.3 is 10.3 Å². The lowest BCUT2D eigenvalue weighted by atomic mass is 10.3. The standard InChI is InChI=1S/C11H14ClN3/c1-13-7-3-6-10-14-9-5-2-4-8(12)11(9)15-10/h2,4-5,13H,3,6-7H2,1H3,(H,14,15). The van der Waals surface area contributed by atoms with Gasteiger partial charge in [-0.25, -0.2) is 4.98 Å². The summed E-state index contributed by atoms with van der Waals surface area (Å²) in [7, 11) is 1.95. The SMILES string of the molecule is CNCCCc1nc2c(Cl)cccc2[nH]1. The lowest BCUT2D eigenvalue weighted by Crippen LogP contribution is -2.08. The number of nitrogens with zero attached hydrogens (tertiary/aromatic N) is 1. The molecule has 0 aliphatic carbocycles. The molecule has 4 heteroatoms. The number of aromatic nitrogens is 2. The predicted octanol–water partition coefficient (Wildman–Crippen LogP) is 2.37. The van der Waals surface area contributed by atoms with Gasteiger partial charge in [-0.3, -0.25) is 0 Å². The second-order valence-corrected chi connectivity index (χ2v) is 3.93. The van der Waals surface area contributed by atoms with Crippen LogP contribution in [0.3, 0.4) is 0 Å². The smallest absolute Gasteiger partial charge is 0.107 e. The zero-order valence-electron chi connectivity index (χ0n) is 8.68. The van der Waals surface area contributed by atoms with E-state index in [0.717, 1.165) is 36.2 Å². The Morgan fingerprint density at radius 2 is 2.33 bits per heavy atom. The van der Waals surface area contributed by atoms with Gasteiger partial charge in [0.2, 0.25) is 0 Å². The molecule has 80 valence electrons. The molecule has 0 saturated heterocycles. The topological polar surface area (TPSA) is 40.7 Å². The molecule has 0 radical (unpaired) electrons. The van der Waals surface area contributed by atoms with Crippen LogP contribution >= 0.6 is 11.6 Å². The average Bonchev–Trinajstić information content (AvgIpc) is 2.63. The first-order chi connectivity index (χ1) is 7.31. The van der Waals surface area contributed by atoms with Gasteiger partial charge >= 0.3 is 0 Å². The molecule has 2 aromatic rings. The van der Waals surface area contributed by atoms with Gasteiger partial charge in [-0.1, -0.05) is 17.7 Å². The number of aryl methyl sites for hydroxylation is 1. The van der Waals surface area contributed by atoms with E-state index >= 15 is 0 Å². The summed E-state index contributed by atoms with van der Waals surface area (Å²) in [6.45, 7) is 1.00. The van der Waals surface area contributed by atoms with Crippen molar-refractivity contribution in [1.82, 2.24) is 15.3 Å². The molecule has 0 unspecified atom stereocenters. The summed E-state index contributed by atoms with van der Waals surface area (Å²) >= 11 is 6.04. The maximum absolute atomic E-state index is 6.04. The number of nitrogens with one attached hydrogen (secondary N) is 2. The van der Waals surface area contributed by atoms with Crippen LogP contribution in [0.4, 0.5) is 0 Å². The maximum Gasteiger partial charge on any atom is 0.107 e. The molecule has 15 heavy (non-hydrogen) atoms. The molecule has 0 aliphatic heterocycles. The summed E-state index contributed by atoms with van der Waals surface area (Å²) < 4.78 is 0. The van der Waals surface area contributed by atoms with Crippen LogP contribution in [0.25, 0.3) is 11.0 Å². The van der Waals surface area contributed by atoms with Crippen molar-refractivity contribution in [2.24, 2.45) is 0 Å². The Kier molecular flexibility index (Phi) is 3.23. The molecule has 0 amide bonds. The minimum atomic E-state index is 0.712. The van der Waals surface area contributed by atoms with E-state index in [9.17, 15) is 0 Å². The van der Waals surface area contributed by atoms with Crippen LogP contribution in [0.5, 0.6) is 0 Å². The minimum Gasteiger partial charge on any atom is -0.342 e. The first-order valence-electron chi connectivity index (χ1n) is 5.09. The van der Waals surface area contributed by atoms with E-state index in [0.29, 0.717) is 5.02 Å². The fourth-order valence-electron chi connectivity index (χ4n) is 1.60. The summed E-state index contributed by atoms with van der Waals surface area (Å²) in [6.07, 6.45) is 2.03. The van der Waals surface area contributed by atoms with Crippen molar-refractivity contribution in [2.45, 2.75) is 12.8 Å². The zero-order chi connectivity index (χ0) is 10.7. The van der Waals surface area contributed by atoms with Gasteiger partial charge in [-0.2, -0.15) is 0 Å². The summed E-state index contributed by atoms with van der Waals surface area (Å²) in [5.74, 6) is 1.01. The molecule has 3 nitrogen and oxygen atoms in total. The third-order valence-electron chi connectivity index (χ3n) is 2.35. The van der Waals surface area contributed by atoms with Crippen LogP contribution in [0.1, 0.15) is 12.2 Å². The van der Waals surface area contributed by atoms with Gasteiger partial charge in [0.15, 0.2) is 0 Å². The highest BCUT2D eigenvalue weighted by atomic mass is 35.5. The van der Waals surface area contributed by atoms with E-state index in [1.54, 1.807) is 0 Å². The number of para-hydroxylation sites is 1. The third-order valence-corrected chi connectivity index (χ3v) is 2.66. The van der Waals surface area contributed by atoms with Crippen LogP contribution in [0.15, 0.2) is 18.2 Å². The molecule has 0 spiro atoms. The second kappa shape index (κ2) is 4.64. The molecule has 0 saturated carbocycles. The van der Waals surface area contributed by atoms with Crippen molar-refractivity contribution in [1.29, 1.82) is 0 Å². The van der Waals surface area contributed by atoms with E-state index in [1.807, 2.05) is 25.2 Å². The third kappa shape index (κ3) is 2.30. The van der Waals surface area contributed by atoms with Crippen molar-refractivity contribution < 1.29 is 0 Å². The Balaban J connectivity index is 2.20. The number of hydrogen-bond donors (Lipinski definition) is 2. The number of rotatable bonds is 4. The number of halogens is 1. The predicted molar refractivity (Wildman–Crippen MR) is 63.4 cm³/mol. The van der Waals surface area contributed by atoms with Gasteiger partial charge in [-0.15, -0.1) is 0 Å². The van der Waals surface area contributed by atoms with E-state index in [4.69, 9.17) is 11.6 Å². The van der Waals surface area contributed by atoms with E-state index in [2.05, 4.69) is 15.3 Å². The summed E-state index contributed by atoms with van der Waals surface area (Å²) in [4.78, 5) is 7.74. The molecule has 0 fully saturated rings. The number of imidazole rings is 1. The first-order valence-corrected chi connectivity index (χ1v) is 5.47. The van der Waals surface area contributed by atoms with Crippen molar-refractivity contribution >= 4 is 22.6 Å². The van der Waals surface area contributed by atoms with E-state index in [-0.39, 0.29) is 0 Å². The quantitative estimate of drug-likeness (QED) is 0.782. The van der Waals surface area contributed by atoms with Crippen molar-refractivity contribution in [3.63, 3.8) is 0 Å². The summed E-state index contributed by atoms with van der Waals surface area (Å²) in [5.41, 5.74) is 1.89. The Labute approximate surface area is 93.9 Å². The fraction of sp³-hybridized carbons (Fsp3) is 0.364. The molecular formula is C11H14ClN3. The minimum absolute atomic E-state index is 0.712. The van der Waals surface area contributed by atoms with Gasteiger partial charge in [0.1, 0.15) is 11.3 Å². The summed E-state index contributed by atoms with van der Waals surface area (Å²) in [5, 5.41) is 3.83. The number of H-pyrrole nitrogens is 1. The lowest BCUT2D eigenvalue weighted by molar-refractivity contribution is 0.709. The van der Waals surface area contributed by atoms with Crippen LogP contribution in [0.2, 0.25) is 5.02 Å². The number of hydrogen-bond acceptors (Lipinski definition) is 2. The largest absolute Gasteiger partial charge is 0.342 e. The molecule has 1 heterocycles. The number of fused-ring (bicyclic) bond motifs is 1. The monoisotopic (exact) mass is 223 g/mol. The van der Waals surface area contributed by atoms with Gasteiger partial charge in [0, 0.05) is 6.42 Å². The van der Waals surface area contributed by atoms with E-state index < -0.39 is 0 Å².